The Kier molecular flexibility index (Phi) is 6.10. The second kappa shape index (κ2) is 9.37. The highest BCUT2D eigenvalue weighted by Crippen LogP contribution is 2.29. The van der Waals surface area contributed by atoms with Crippen LogP contribution in [0.1, 0.15) is 30.9 Å². The zero-order valence-electron chi connectivity index (χ0n) is 19.6. The number of imidazole rings is 1. The van der Waals surface area contributed by atoms with Crippen molar-refractivity contribution in [2.75, 3.05) is 5.43 Å². The minimum absolute atomic E-state index is 0.266. The van der Waals surface area contributed by atoms with Gasteiger partial charge in [0.15, 0.2) is 0 Å². The number of anilines is 1. The van der Waals surface area contributed by atoms with Crippen molar-refractivity contribution in [1.82, 2.24) is 9.55 Å². The third kappa shape index (κ3) is 4.88. The molecule has 4 aromatic carbocycles. The van der Waals surface area contributed by atoms with E-state index in [0.717, 1.165) is 33.1 Å². The number of nitrogens with one attached hydrogen (secondary N) is 1. The van der Waals surface area contributed by atoms with Crippen molar-refractivity contribution < 1.29 is 17.9 Å². The standard InChI is InChI=1S/C28H23F3N4O/c1-18(2)23-5-3-4-6-25(23)34-33-16-19-7-13-24-20(15-19)8-14-26-27(24)32-17-35(26)21-9-11-22(12-10-21)36-28(29,30)31/h3-18,34H,1-2H3/b33-16+. The molecule has 5 nitrogen and oxygen atoms in total. The average molecular weight is 489 g/mol. The van der Waals surface area contributed by atoms with Crippen LogP contribution in [0.2, 0.25) is 0 Å². The second-order valence-corrected chi connectivity index (χ2v) is 8.68. The van der Waals surface area contributed by atoms with E-state index >= 15 is 0 Å². The number of hydrazone groups is 1. The first-order valence-corrected chi connectivity index (χ1v) is 11.4. The maximum Gasteiger partial charge on any atom is 0.573 e. The number of benzene rings is 4. The molecule has 0 aliphatic rings. The van der Waals surface area contributed by atoms with E-state index in [1.165, 1.54) is 17.7 Å². The summed E-state index contributed by atoms with van der Waals surface area (Å²) in [6.07, 6.45) is -1.28. The van der Waals surface area contributed by atoms with E-state index in [9.17, 15) is 13.2 Å². The van der Waals surface area contributed by atoms with Crippen LogP contribution in [-0.4, -0.2) is 22.1 Å². The molecule has 0 saturated carbocycles. The van der Waals surface area contributed by atoms with Crippen molar-refractivity contribution in [2.24, 2.45) is 5.10 Å². The van der Waals surface area contributed by atoms with E-state index < -0.39 is 6.36 Å². The highest BCUT2D eigenvalue weighted by molar-refractivity contribution is 6.06. The minimum atomic E-state index is -4.72. The number of aromatic nitrogens is 2. The summed E-state index contributed by atoms with van der Waals surface area (Å²) in [4.78, 5) is 4.57. The first-order valence-electron chi connectivity index (χ1n) is 11.4. The van der Waals surface area contributed by atoms with Crippen LogP contribution >= 0.6 is 0 Å². The Hall–Kier alpha value is -4.33. The lowest BCUT2D eigenvalue weighted by atomic mass is 10.0. The Balaban J connectivity index is 1.39. The number of alkyl halides is 3. The molecule has 0 amide bonds. The molecular weight excluding hydrogens is 465 g/mol. The Bertz CT molecular complexity index is 1550. The number of fused-ring (bicyclic) bond motifs is 3. The lowest BCUT2D eigenvalue weighted by molar-refractivity contribution is -0.274. The van der Waals surface area contributed by atoms with Gasteiger partial charge < -0.3 is 4.74 Å². The van der Waals surface area contributed by atoms with Gasteiger partial charge in [0.2, 0.25) is 0 Å². The van der Waals surface area contributed by atoms with Gasteiger partial charge in [-0.2, -0.15) is 5.10 Å². The fourth-order valence-corrected chi connectivity index (χ4v) is 4.20. The molecule has 0 radical (unpaired) electrons. The van der Waals surface area contributed by atoms with Crippen LogP contribution in [0.4, 0.5) is 18.9 Å². The number of rotatable bonds is 6. The summed E-state index contributed by atoms with van der Waals surface area (Å²) in [5, 5.41) is 6.40. The summed E-state index contributed by atoms with van der Waals surface area (Å²) in [6.45, 7) is 4.29. The number of nitrogens with zero attached hydrogens (tertiary/aromatic N) is 3. The Morgan fingerprint density at radius 2 is 1.75 bits per heavy atom. The van der Waals surface area contributed by atoms with Crippen molar-refractivity contribution in [1.29, 1.82) is 0 Å². The maximum absolute atomic E-state index is 12.4. The number of hydrogen-bond acceptors (Lipinski definition) is 4. The summed E-state index contributed by atoms with van der Waals surface area (Å²) in [5.41, 5.74) is 8.60. The maximum atomic E-state index is 12.4. The van der Waals surface area contributed by atoms with Gasteiger partial charge >= 0.3 is 6.36 Å². The zero-order valence-corrected chi connectivity index (χ0v) is 19.6. The summed E-state index contributed by atoms with van der Waals surface area (Å²) >= 11 is 0. The summed E-state index contributed by atoms with van der Waals surface area (Å²) in [7, 11) is 0. The lowest BCUT2D eigenvalue weighted by Crippen LogP contribution is -2.17. The third-order valence-electron chi connectivity index (χ3n) is 5.89. The molecule has 1 heterocycles. The monoisotopic (exact) mass is 488 g/mol. The molecule has 0 bridgehead atoms. The number of hydrogen-bond donors (Lipinski definition) is 1. The SMILES string of the molecule is CC(C)c1ccccc1N/N=C/c1ccc2c(ccc3c2ncn3-c2ccc(OC(F)(F)F)cc2)c1. The van der Waals surface area contributed by atoms with Gasteiger partial charge in [0.1, 0.15) is 12.1 Å². The van der Waals surface area contributed by atoms with E-state index in [-0.39, 0.29) is 5.75 Å². The van der Waals surface area contributed by atoms with E-state index in [0.29, 0.717) is 11.6 Å². The highest BCUT2D eigenvalue weighted by Gasteiger charge is 2.31. The second-order valence-electron chi connectivity index (χ2n) is 8.68. The Morgan fingerprint density at radius 1 is 0.972 bits per heavy atom. The Labute approximate surface area is 205 Å². The van der Waals surface area contributed by atoms with Gasteiger partial charge in [0, 0.05) is 11.1 Å². The molecule has 5 aromatic rings. The van der Waals surface area contributed by atoms with E-state index in [1.54, 1.807) is 24.7 Å². The van der Waals surface area contributed by atoms with Gasteiger partial charge in [-0.25, -0.2) is 4.98 Å². The van der Waals surface area contributed by atoms with Crippen LogP contribution < -0.4 is 10.2 Å². The Morgan fingerprint density at radius 3 is 2.50 bits per heavy atom. The molecule has 0 aliphatic heterocycles. The first-order chi connectivity index (χ1) is 17.3. The molecule has 8 heteroatoms. The third-order valence-corrected chi connectivity index (χ3v) is 5.89. The fraction of sp³-hybridized carbons (Fsp3) is 0.143. The normalized spacial score (nSPS) is 12.2. The first kappa shape index (κ1) is 23.4. The number of halogens is 3. The van der Waals surface area contributed by atoms with Crippen LogP contribution in [0.5, 0.6) is 5.75 Å². The predicted octanol–water partition coefficient (Wildman–Crippen LogP) is 7.65. The topological polar surface area (TPSA) is 51.4 Å². The largest absolute Gasteiger partial charge is 0.573 e. The minimum Gasteiger partial charge on any atom is -0.406 e. The van der Waals surface area contributed by atoms with Gasteiger partial charge in [-0.15, -0.1) is 13.2 Å². The summed E-state index contributed by atoms with van der Waals surface area (Å²) in [6, 6.07) is 23.8. The fourth-order valence-electron chi connectivity index (χ4n) is 4.20. The molecule has 0 fully saturated rings. The van der Waals surface area contributed by atoms with Crippen LogP contribution in [-0.2, 0) is 0 Å². The van der Waals surface area contributed by atoms with Crippen molar-refractivity contribution >= 4 is 33.7 Å². The molecule has 1 aromatic heterocycles. The van der Waals surface area contributed by atoms with Crippen LogP contribution in [0.25, 0.3) is 27.5 Å². The molecule has 5 rings (SSSR count). The predicted molar refractivity (Wildman–Crippen MR) is 137 cm³/mol. The van der Waals surface area contributed by atoms with Crippen LogP contribution in [0.3, 0.4) is 0 Å². The zero-order chi connectivity index (χ0) is 25.3. The highest BCUT2D eigenvalue weighted by atomic mass is 19.4. The van der Waals surface area contributed by atoms with E-state index in [1.807, 2.05) is 53.1 Å². The van der Waals surface area contributed by atoms with Crippen LogP contribution in [0.15, 0.2) is 90.3 Å². The van der Waals surface area contributed by atoms with Gasteiger partial charge in [-0.3, -0.25) is 9.99 Å². The molecule has 36 heavy (non-hydrogen) atoms. The number of ether oxygens (including phenoxy) is 1. The van der Waals surface area contributed by atoms with Gasteiger partial charge in [-0.1, -0.05) is 50.2 Å². The molecule has 0 spiro atoms. The van der Waals surface area contributed by atoms with Gasteiger partial charge in [0.05, 0.1) is 22.9 Å². The number of para-hydroxylation sites is 1. The van der Waals surface area contributed by atoms with E-state index in [4.69, 9.17) is 0 Å². The smallest absolute Gasteiger partial charge is 0.406 e. The van der Waals surface area contributed by atoms with Crippen molar-refractivity contribution in [3.63, 3.8) is 0 Å². The molecule has 0 saturated heterocycles. The summed E-state index contributed by atoms with van der Waals surface area (Å²) < 4.78 is 43.1. The van der Waals surface area contributed by atoms with Gasteiger partial charge in [-0.05, 0) is 64.9 Å². The molecule has 182 valence electrons. The van der Waals surface area contributed by atoms with Crippen molar-refractivity contribution in [3.8, 4) is 11.4 Å². The van der Waals surface area contributed by atoms with Crippen molar-refractivity contribution in [2.45, 2.75) is 26.1 Å². The molecule has 0 atom stereocenters. The van der Waals surface area contributed by atoms with Gasteiger partial charge in [0.25, 0.3) is 0 Å². The van der Waals surface area contributed by atoms with Crippen LogP contribution in [0, 0.1) is 0 Å². The molecular formula is C28H23F3N4O. The summed E-state index contributed by atoms with van der Waals surface area (Å²) in [5.74, 6) is 0.121. The average Bonchev–Trinajstić information content (AvgIpc) is 3.28. The van der Waals surface area contributed by atoms with Crippen molar-refractivity contribution in [3.05, 3.63) is 96.3 Å². The quantitative estimate of drug-likeness (QED) is 0.197. The molecule has 0 aliphatic carbocycles. The van der Waals surface area contributed by atoms with E-state index in [2.05, 4.69) is 40.2 Å². The molecule has 0 unspecified atom stereocenters. The molecule has 1 N–H and O–H groups in total. The lowest BCUT2D eigenvalue weighted by Gasteiger charge is -2.11.